The summed E-state index contributed by atoms with van der Waals surface area (Å²) in [5, 5.41) is 2.20. The summed E-state index contributed by atoms with van der Waals surface area (Å²) < 4.78 is 26.4. The Morgan fingerprint density at radius 3 is 1.97 bits per heavy atom. The van der Waals surface area contributed by atoms with Crippen molar-refractivity contribution in [3.63, 3.8) is 0 Å². The van der Waals surface area contributed by atoms with E-state index in [1.165, 1.54) is 7.11 Å². The maximum absolute atomic E-state index is 13.3. The molecule has 32 heavy (non-hydrogen) atoms. The van der Waals surface area contributed by atoms with Crippen molar-refractivity contribution < 1.29 is 23.3 Å². The van der Waals surface area contributed by atoms with Crippen molar-refractivity contribution in [3.05, 3.63) is 71.8 Å². The molecule has 2 aromatic rings. The van der Waals surface area contributed by atoms with Gasteiger partial charge in [-0.3, -0.25) is 4.79 Å². The minimum absolute atomic E-state index is 0.114. The molecule has 1 amide bonds. The molecule has 0 aromatic heterocycles. The van der Waals surface area contributed by atoms with Crippen molar-refractivity contribution in [2.45, 2.75) is 50.5 Å². The monoisotopic (exact) mass is 460 g/mol. The summed E-state index contributed by atoms with van der Waals surface area (Å²) in [6.45, 7) is 5.44. The summed E-state index contributed by atoms with van der Waals surface area (Å²) in [6.07, 6.45) is 0.188. The van der Waals surface area contributed by atoms with Gasteiger partial charge in [-0.2, -0.15) is 0 Å². The molecule has 2 N–H and O–H groups in total. The fourth-order valence-corrected chi connectivity index (χ4v) is 4.24. The minimum Gasteiger partial charge on any atom is -0.468 e. The molecular weight excluding hydrogens is 428 g/mol. The predicted octanol–water partition coefficient (Wildman–Crippen LogP) is 3.16. The van der Waals surface area contributed by atoms with Crippen LogP contribution in [-0.2, 0) is 38.1 Å². The molecule has 2 rings (SSSR count). The number of nitrogens with one attached hydrogen (secondary N) is 2. The van der Waals surface area contributed by atoms with Gasteiger partial charge in [0.25, 0.3) is 0 Å². The molecule has 0 fully saturated rings. The lowest BCUT2D eigenvalue weighted by Crippen LogP contribution is -2.47. The quantitative estimate of drug-likeness (QED) is 0.531. The van der Waals surface area contributed by atoms with Gasteiger partial charge in [-0.15, -0.1) is 0 Å². The third-order valence-electron chi connectivity index (χ3n) is 4.51. The van der Waals surface area contributed by atoms with Gasteiger partial charge in [-0.1, -0.05) is 60.7 Å². The Morgan fingerprint density at radius 1 is 0.938 bits per heavy atom. The van der Waals surface area contributed by atoms with Crippen LogP contribution in [0, 0.1) is 0 Å². The third-order valence-corrected chi connectivity index (χ3v) is 5.96. The van der Waals surface area contributed by atoms with E-state index in [2.05, 4.69) is 10.0 Å². The zero-order valence-corrected chi connectivity index (χ0v) is 19.8. The standard InChI is InChI=1S/C24H32N2O5S/c1-24(2,3)31-23(28)25-17-20(15-18-11-7-5-8-12-18)32(29)26-21(22(27)30-4)16-19-13-9-6-10-14-19/h5-14,20-21,26H,15-17H2,1-4H3,(H,25,28)/t20-,21+,32?/m1/s1. The number of carbonyl (C=O) groups is 2. The van der Waals surface area contributed by atoms with Gasteiger partial charge in [-0.25, -0.2) is 13.7 Å². The van der Waals surface area contributed by atoms with E-state index < -0.39 is 39.9 Å². The number of alkyl carbamates (subject to hydrolysis) is 1. The van der Waals surface area contributed by atoms with Crippen LogP contribution in [0.15, 0.2) is 60.7 Å². The van der Waals surface area contributed by atoms with Crippen LogP contribution in [0.4, 0.5) is 4.79 Å². The molecule has 0 aliphatic heterocycles. The number of carbonyl (C=O) groups excluding carboxylic acids is 2. The topological polar surface area (TPSA) is 93.7 Å². The van der Waals surface area contributed by atoms with Gasteiger partial charge >= 0.3 is 12.1 Å². The molecule has 0 saturated heterocycles. The molecule has 2 aromatic carbocycles. The van der Waals surface area contributed by atoms with E-state index >= 15 is 0 Å². The van der Waals surface area contributed by atoms with Crippen LogP contribution in [0.25, 0.3) is 0 Å². The first-order chi connectivity index (χ1) is 15.2. The molecule has 0 spiro atoms. The average molecular weight is 461 g/mol. The smallest absolute Gasteiger partial charge is 0.407 e. The van der Waals surface area contributed by atoms with Crippen LogP contribution in [0.5, 0.6) is 0 Å². The number of hydrogen-bond acceptors (Lipinski definition) is 5. The van der Waals surface area contributed by atoms with E-state index in [0.29, 0.717) is 12.8 Å². The van der Waals surface area contributed by atoms with Gasteiger partial charge in [0.15, 0.2) is 0 Å². The van der Waals surface area contributed by atoms with Gasteiger partial charge < -0.3 is 14.8 Å². The lowest BCUT2D eigenvalue weighted by molar-refractivity contribution is -0.142. The maximum atomic E-state index is 13.3. The summed E-state index contributed by atoms with van der Waals surface area (Å²) in [7, 11) is -0.343. The van der Waals surface area contributed by atoms with Gasteiger partial charge in [0.05, 0.1) is 23.3 Å². The second-order valence-corrected chi connectivity index (χ2v) is 9.87. The largest absolute Gasteiger partial charge is 0.468 e. The molecule has 0 aliphatic carbocycles. The number of esters is 1. The SMILES string of the molecule is COC(=O)[C@H](Cc1ccccc1)NS(=O)[C@@H](CNC(=O)OC(C)(C)C)Cc1ccccc1. The number of amides is 1. The van der Waals surface area contributed by atoms with E-state index in [4.69, 9.17) is 9.47 Å². The summed E-state index contributed by atoms with van der Waals surface area (Å²) in [4.78, 5) is 24.5. The Kier molecular flexibility index (Phi) is 9.87. The molecule has 8 heteroatoms. The van der Waals surface area contributed by atoms with Crippen molar-refractivity contribution in [1.82, 2.24) is 10.0 Å². The Bertz CT molecular complexity index is 884. The van der Waals surface area contributed by atoms with Crippen molar-refractivity contribution in [2.75, 3.05) is 13.7 Å². The van der Waals surface area contributed by atoms with Crippen molar-refractivity contribution in [1.29, 1.82) is 0 Å². The summed E-state index contributed by atoms with van der Waals surface area (Å²) in [6, 6.07) is 18.2. The first-order valence-corrected chi connectivity index (χ1v) is 11.7. The lowest BCUT2D eigenvalue weighted by Gasteiger charge is -2.23. The molecular formula is C24H32N2O5S. The molecule has 7 nitrogen and oxygen atoms in total. The molecule has 3 atom stereocenters. The number of ether oxygens (including phenoxy) is 2. The highest BCUT2D eigenvalue weighted by atomic mass is 32.2. The van der Waals surface area contributed by atoms with Crippen molar-refractivity contribution >= 4 is 23.0 Å². The van der Waals surface area contributed by atoms with Crippen LogP contribution in [0.3, 0.4) is 0 Å². The first-order valence-electron chi connectivity index (χ1n) is 10.5. The fraction of sp³-hybridized carbons (Fsp3) is 0.417. The Balaban J connectivity index is 2.13. The van der Waals surface area contributed by atoms with Crippen LogP contribution < -0.4 is 10.0 Å². The Hall–Kier alpha value is -2.71. The van der Waals surface area contributed by atoms with E-state index in [1.54, 1.807) is 20.8 Å². The van der Waals surface area contributed by atoms with Gasteiger partial charge in [0.2, 0.25) is 0 Å². The van der Waals surface area contributed by atoms with E-state index in [1.807, 2.05) is 60.7 Å². The molecule has 0 saturated carbocycles. The van der Waals surface area contributed by atoms with Gasteiger partial charge in [0.1, 0.15) is 11.6 Å². The highest BCUT2D eigenvalue weighted by Gasteiger charge is 2.27. The summed E-state index contributed by atoms with van der Waals surface area (Å²) >= 11 is 0. The molecule has 0 radical (unpaired) electrons. The van der Waals surface area contributed by atoms with Crippen LogP contribution in [0.1, 0.15) is 31.9 Å². The third kappa shape index (κ3) is 9.20. The number of rotatable bonds is 10. The summed E-state index contributed by atoms with van der Waals surface area (Å²) in [5.74, 6) is -0.499. The van der Waals surface area contributed by atoms with Crippen molar-refractivity contribution in [3.8, 4) is 0 Å². The molecule has 0 bridgehead atoms. The van der Waals surface area contributed by atoms with Gasteiger partial charge in [-0.05, 0) is 44.7 Å². The minimum atomic E-state index is -1.64. The zero-order chi connectivity index (χ0) is 23.6. The summed E-state index contributed by atoms with van der Waals surface area (Å²) in [5.41, 5.74) is 1.25. The van der Waals surface area contributed by atoms with Gasteiger partial charge in [0, 0.05) is 6.54 Å². The number of benzene rings is 2. The average Bonchev–Trinajstić information content (AvgIpc) is 2.75. The van der Waals surface area contributed by atoms with E-state index in [0.717, 1.165) is 11.1 Å². The van der Waals surface area contributed by atoms with Crippen molar-refractivity contribution in [2.24, 2.45) is 0 Å². The molecule has 0 heterocycles. The maximum Gasteiger partial charge on any atom is 0.407 e. The second-order valence-electron chi connectivity index (χ2n) is 8.38. The lowest BCUT2D eigenvalue weighted by atomic mass is 10.1. The normalized spacial score (nSPS) is 14.1. The molecule has 0 aliphatic rings. The van der Waals surface area contributed by atoms with Crippen LogP contribution >= 0.6 is 0 Å². The first kappa shape index (κ1) is 25.5. The van der Waals surface area contributed by atoms with E-state index in [9.17, 15) is 13.8 Å². The molecule has 1 unspecified atom stereocenters. The zero-order valence-electron chi connectivity index (χ0n) is 19.0. The highest BCUT2D eigenvalue weighted by Crippen LogP contribution is 2.11. The Labute approximate surface area is 192 Å². The highest BCUT2D eigenvalue weighted by molar-refractivity contribution is 7.83. The Morgan fingerprint density at radius 2 is 1.47 bits per heavy atom. The molecule has 174 valence electrons. The second kappa shape index (κ2) is 12.4. The van der Waals surface area contributed by atoms with E-state index in [-0.39, 0.29) is 6.54 Å². The van der Waals surface area contributed by atoms with Crippen LogP contribution in [-0.4, -0.2) is 46.8 Å². The number of hydrogen-bond donors (Lipinski definition) is 2. The fourth-order valence-electron chi connectivity index (χ4n) is 3.01. The number of methoxy groups -OCH3 is 1. The van der Waals surface area contributed by atoms with Crippen LogP contribution in [0.2, 0.25) is 0 Å². The predicted molar refractivity (Wildman–Crippen MR) is 125 cm³/mol.